The summed E-state index contributed by atoms with van der Waals surface area (Å²) in [5.41, 5.74) is 3.16. The van der Waals surface area contributed by atoms with Gasteiger partial charge in [0.25, 0.3) is 0 Å². The predicted molar refractivity (Wildman–Crippen MR) is 89.8 cm³/mol. The van der Waals surface area contributed by atoms with Crippen LogP contribution in [-0.4, -0.2) is 25.5 Å². The van der Waals surface area contributed by atoms with Gasteiger partial charge < -0.3 is 15.5 Å². The highest BCUT2D eigenvalue weighted by molar-refractivity contribution is 9.10. The lowest BCUT2D eigenvalue weighted by Crippen LogP contribution is -2.33. The number of fused-ring (bicyclic) bond motifs is 1. The Bertz CT molecular complexity index is 555. The molecule has 0 aromatic heterocycles. The van der Waals surface area contributed by atoms with Crippen molar-refractivity contribution in [1.82, 2.24) is 5.32 Å². The molecule has 1 heterocycles. The van der Waals surface area contributed by atoms with Gasteiger partial charge in [0.15, 0.2) is 0 Å². The maximum Gasteiger partial charge on any atom is 0.246 e. The number of anilines is 2. The molecule has 1 atom stereocenters. The molecule has 4 nitrogen and oxygen atoms in total. The van der Waals surface area contributed by atoms with Gasteiger partial charge >= 0.3 is 0 Å². The minimum atomic E-state index is -0.244. The Kier molecular flexibility index (Phi) is 4.22. The Morgan fingerprint density at radius 1 is 1.38 bits per heavy atom. The van der Waals surface area contributed by atoms with Gasteiger partial charge in [-0.3, -0.25) is 4.79 Å². The molecule has 1 saturated carbocycles. The minimum Gasteiger partial charge on any atom is -0.368 e. The number of likely N-dealkylation sites (N-methyl/N-ethyl adjacent to an activating group) is 1. The number of hydrogen-bond acceptors (Lipinski definition) is 3. The van der Waals surface area contributed by atoms with Crippen molar-refractivity contribution in [2.24, 2.45) is 0 Å². The lowest BCUT2D eigenvalue weighted by molar-refractivity contribution is -0.117. The molecule has 1 aliphatic heterocycles. The van der Waals surface area contributed by atoms with Crippen molar-refractivity contribution in [3.8, 4) is 0 Å². The van der Waals surface area contributed by atoms with E-state index < -0.39 is 0 Å². The molecule has 1 unspecified atom stereocenters. The Balaban J connectivity index is 1.97. The van der Waals surface area contributed by atoms with Gasteiger partial charge in [-0.1, -0.05) is 12.8 Å². The molecule has 0 radical (unpaired) electrons. The third kappa shape index (κ3) is 2.57. The van der Waals surface area contributed by atoms with E-state index in [4.69, 9.17) is 0 Å². The zero-order valence-electron chi connectivity index (χ0n) is 12.6. The lowest BCUT2D eigenvalue weighted by atomic mass is 10.1. The number of benzene rings is 1. The molecule has 0 spiro atoms. The standard InChI is InChI=1S/C16H22BrN3O/c1-3-20(10-6-4-5-7-10)14-9-13-11(8-12(14)17)15(18-2)16(21)19-13/h8-10,15,18H,3-7H2,1-2H3,(H,19,21). The molecule has 0 saturated heterocycles. The van der Waals surface area contributed by atoms with E-state index >= 15 is 0 Å². The average Bonchev–Trinajstić information content (AvgIpc) is 3.07. The van der Waals surface area contributed by atoms with Crippen molar-refractivity contribution in [1.29, 1.82) is 0 Å². The molecular formula is C16H22BrN3O. The molecule has 2 N–H and O–H groups in total. The van der Waals surface area contributed by atoms with Crippen LogP contribution in [0.2, 0.25) is 0 Å². The number of nitrogens with zero attached hydrogens (tertiary/aromatic N) is 1. The van der Waals surface area contributed by atoms with Crippen molar-refractivity contribution in [3.63, 3.8) is 0 Å². The number of carbonyl (C=O) groups is 1. The summed E-state index contributed by atoms with van der Waals surface area (Å²) >= 11 is 3.71. The van der Waals surface area contributed by atoms with Gasteiger partial charge in [-0.05, 0) is 54.9 Å². The molecule has 21 heavy (non-hydrogen) atoms. The second-order valence-electron chi connectivity index (χ2n) is 5.83. The predicted octanol–water partition coefficient (Wildman–Crippen LogP) is 3.43. The van der Waals surface area contributed by atoms with E-state index in [-0.39, 0.29) is 11.9 Å². The van der Waals surface area contributed by atoms with Gasteiger partial charge in [0.1, 0.15) is 6.04 Å². The highest BCUT2D eigenvalue weighted by Crippen LogP contribution is 2.40. The molecule has 1 aromatic carbocycles. The highest BCUT2D eigenvalue weighted by atomic mass is 79.9. The van der Waals surface area contributed by atoms with Crippen molar-refractivity contribution in [2.75, 3.05) is 23.8 Å². The van der Waals surface area contributed by atoms with Crippen molar-refractivity contribution >= 4 is 33.2 Å². The lowest BCUT2D eigenvalue weighted by Gasteiger charge is -2.31. The number of rotatable bonds is 4. The number of amides is 1. The molecule has 5 heteroatoms. The fourth-order valence-electron chi connectivity index (χ4n) is 3.62. The van der Waals surface area contributed by atoms with Crippen molar-refractivity contribution in [3.05, 3.63) is 22.2 Å². The van der Waals surface area contributed by atoms with Crippen molar-refractivity contribution < 1.29 is 4.79 Å². The Morgan fingerprint density at radius 2 is 2.10 bits per heavy atom. The topological polar surface area (TPSA) is 44.4 Å². The summed E-state index contributed by atoms with van der Waals surface area (Å²) in [4.78, 5) is 14.4. The summed E-state index contributed by atoms with van der Waals surface area (Å²) < 4.78 is 1.08. The van der Waals surface area contributed by atoms with Crippen molar-refractivity contribution in [2.45, 2.75) is 44.7 Å². The van der Waals surface area contributed by atoms with E-state index in [0.717, 1.165) is 22.3 Å². The van der Waals surface area contributed by atoms with Gasteiger partial charge in [0.05, 0.1) is 5.69 Å². The number of halogens is 1. The molecule has 2 aliphatic rings. The molecule has 3 rings (SSSR count). The van der Waals surface area contributed by atoms with Crippen LogP contribution in [0.1, 0.15) is 44.2 Å². The summed E-state index contributed by atoms with van der Waals surface area (Å²) in [6, 6.07) is 4.59. The van der Waals surface area contributed by atoms with Crippen LogP contribution in [-0.2, 0) is 4.79 Å². The minimum absolute atomic E-state index is 0.0282. The van der Waals surface area contributed by atoms with E-state index in [0.29, 0.717) is 6.04 Å². The Morgan fingerprint density at radius 3 is 2.71 bits per heavy atom. The molecule has 1 aromatic rings. The summed E-state index contributed by atoms with van der Waals surface area (Å²) in [6.45, 7) is 3.19. The van der Waals surface area contributed by atoms with E-state index in [1.165, 1.54) is 31.4 Å². The molecule has 1 aliphatic carbocycles. The third-order valence-corrected chi connectivity index (χ3v) is 5.29. The van der Waals surface area contributed by atoms with Crippen LogP contribution >= 0.6 is 15.9 Å². The fourth-order valence-corrected chi connectivity index (χ4v) is 4.21. The molecule has 1 amide bonds. The van der Waals surface area contributed by atoms with Gasteiger partial charge in [-0.15, -0.1) is 0 Å². The van der Waals surface area contributed by atoms with E-state index in [2.05, 4.69) is 50.5 Å². The normalized spacial score (nSPS) is 21.5. The number of carbonyl (C=O) groups excluding carboxylic acids is 1. The molecule has 1 fully saturated rings. The van der Waals surface area contributed by atoms with Gasteiger partial charge in [-0.2, -0.15) is 0 Å². The first-order chi connectivity index (χ1) is 10.2. The van der Waals surface area contributed by atoms with Crippen LogP contribution in [0.4, 0.5) is 11.4 Å². The van der Waals surface area contributed by atoms with E-state index in [1.807, 2.05) is 7.05 Å². The summed E-state index contributed by atoms with van der Waals surface area (Å²) in [5, 5.41) is 6.06. The summed E-state index contributed by atoms with van der Waals surface area (Å²) in [7, 11) is 1.82. The first-order valence-electron chi connectivity index (χ1n) is 7.74. The second-order valence-corrected chi connectivity index (χ2v) is 6.68. The number of hydrogen-bond donors (Lipinski definition) is 2. The monoisotopic (exact) mass is 351 g/mol. The maximum absolute atomic E-state index is 12.0. The van der Waals surface area contributed by atoms with Gasteiger partial charge in [-0.25, -0.2) is 0 Å². The van der Waals surface area contributed by atoms with Crippen LogP contribution in [0.25, 0.3) is 0 Å². The molecule has 114 valence electrons. The molecular weight excluding hydrogens is 330 g/mol. The van der Waals surface area contributed by atoms with Crippen LogP contribution in [0.3, 0.4) is 0 Å². The summed E-state index contributed by atoms with van der Waals surface area (Å²) in [5.74, 6) is 0.0282. The Labute approximate surface area is 134 Å². The molecule has 0 bridgehead atoms. The fraction of sp³-hybridized carbons (Fsp3) is 0.562. The quantitative estimate of drug-likeness (QED) is 0.873. The highest BCUT2D eigenvalue weighted by Gasteiger charge is 2.31. The first-order valence-corrected chi connectivity index (χ1v) is 8.53. The van der Waals surface area contributed by atoms with Gasteiger partial charge in [0, 0.05) is 28.3 Å². The van der Waals surface area contributed by atoms with E-state index in [1.54, 1.807) is 0 Å². The third-order valence-electron chi connectivity index (χ3n) is 4.65. The number of nitrogens with one attached hydrogen (secondary N) is 2. The summed E-state index contributed by atoms with van der Waals surface area (Å²) in [6.07, 6.45) is 5.18. The van der Waals surface area contributed by atoms with Crippen LogP contribution < -0.4 is 15.5 Å². The average molecular weight is 352 g/mol. The van der Waals surface area contributed by atoms with Gasteiger partial charge in [0.2, 0.25) is 5.91 Å². The Hall–Kier alpha value is -1.07. The first kappa shape index (κ1) is 14.9. The SMILES string of the molecule is CCN(c1cc2c(cc1Br)C(NC)C(=O)N2)C1CCCC1. The van der Waals surface area contributed by atoms with E-state index in [9.17, 15) is 4.79 Å². The zero-order chi connectivity index (χ0) is 15.0. The second kappa shape index (κ2) is 5.97. The zero-order valence-corrected chi connectivity index (χ0v) is 14.2. The van der Waals surface area contributed by atoms with Crippen LogP contribution in [0, 0.1) is 0 Å². The smallest absolute Gasteiger partial charge is 0.246 e. The largest absolute Gasteiger partial charge is 0.368 e. The maximum atomic E-state index is 12.0. The van der Waals surface area contributed by atoms with Crippen LogP contribution in [0.5, 0.6) is 0 Å². The van der Waals surface area contributed by atoms with Crippen LogP contribution in [0.15, 0.2) is 16.6 Å².